The number of hydrogen-bond donors (Lipinski definition) is 2. The topological polar surface area (TPSA) is 94.7 Å². The van der Waals surface area contributed by atoms with Crippen LogP contribution in [-0.2, 0) is 11.0 Å². The summed E-state index contributed by atoms with van der Waals surface area (Å²) in [6.07, 6.45) is -4.80. The molecule has 1 atom stereocenters. The number of thiocarbonyl (C=S) groups is 1. The molecule has 6 nitrogen and oxygen atoms in total. The van der Waals surface area contributed by atoms with E-state index in [1.54, 1.807) is 0 Å². The second kappa shape index (κ2) is 9.00. The van der Waals surface area contributed by atoms with Gasteiger partial charge in [-0.1, -0.05) is 0 Å². The number of alkyl halides is 3. The third-order valence-electron chi connectivity index (χ3n) is 3.80. The number of hydrogen-bond acceptors (Lipinski definition) is 6. The van der Waals surface area contributed by atoms with Crippen LogP contribution in [0.15, 0.2) is 41.4 Å². The lowest BCUT2D eigenvalue weighted by Crippen LogP contribution is -2.45. The molecule has 1 amide bonds. The summed E-state index contributed by atoms with van der Waals surface area (Å²) in [6, 6.07) is 7.51. The number of isothiocyanates is 1. The molecule has 0 spiro atoms. The fraction of sp³-hybridized carbons (Fsp3) is 0.211. The number of anilines is 1. The Hall–Kier alpha value is -3.32. The molecule has 2 N–H and O–H groups in total. The van der Waals surface area contributed by atoms with Gasteiger partial charge in [0.05, 0.1) is 22.4 Å². The molecule has 0 radical (unpaired) electrons. The second-order valence-electron chi connectivity index (χ2n) is 6.20. The van der Waals surface area contributed by atoms with E-state index in [0.29, 0.717) is 6.07 Å². The van der Waals surface area contributed by atoms with E-state index >= 15 is 0 Å². The number of aliphatic imine (C=N–C) groups is 1. The van der Waals surface area contributed by atoms with Gasteiger partial charge >= 0.3 is 6.18 Å². The lowest BCUT2D eigenvalue weighted by atomic mass is 10.1. The molecule has 2 aromatic carbocycles. The number of nitriles is 1. The van der Waals surface area contributed by atoms with Crippen LogP contribution in [0.4, 0.5) is 28.9 Å². The maximum absolute atomic E-state index is 13.8. The minimum atomic E-state index is -4.80. The maximum Gasteiger partial charge on any atom is 0.417 e. The van der Waals surface area contributed by atoms with Crippen molar-refractivity contribution in [2.75, 3.05) is 11.9 Å². The van der Waals surface area contributed by atoms with Crippen molar-refractivity contribution in [2.45, 2.75) is 18.7 Å². The van der Waals surface area contributed by atoms with E-state index < -0.39 is 41.2 Å². The summed E-state index contributed by atoms with van der Waals surface area (Å²) in [5.41, 5.74) is -4.37. The molecule has 0 bridgehead atoms. The van der Waals surface area contributed by atoms with Gasteiger partial charge in [-0.25, -0.2) is 4.39 Å². The molecule has 0 aliphatic carbocycles. The van der Waals surface area contributed by atoms with Gasteiger partial charge in [0.2, 0.25) is 0 Å². The molecule has 0 saturated heterocycles. The van der Waals surface area contributed by atoms with E-state index in [-0.39, 0.29) is 17.1 Å². The van der Waals surface area contributed by atoms with Crippen LogP contribution in [0.2, 0.25) is 0 Å². The van der Waals surface area contributed by atoms with Crippen molar-refractivity contribution in [3.8, 4) is 11.8 Å². The standard InChI is InChI=1S/C19H13F4N3O3S/c1-18(28,9-29-13-4-5-16(25-10-30)15(20)7-13)17(27)26-12-3-2-11(8-24)14(6-12)19(21,22)23/h2-7,28H,9H2,1H3,(H,26,27)/t18-/m0/s1. The second-order valence-corrected chi connectivity index (χ2v) is 6.39. The Labute approximate surface area is 173 Å². The van der Waals surface area contributed by atoms with Gasteiger partial charge in [0, 0.05) is 11.8 Å². The SMILES string of the molecule is C[C@](O)(COc1ccc(N=C=S)c(F)c1)C(=O)Nc1ccc(C#N)c(C(F)(F)F)c1. The van der Waals surface area contributed by atoms with E-state index in [1.807, 2.05) is 5.16 Å². The van der Waals surface area contributed by atoms with Crippen molar-refractivity contribution in [2.24, 2.45) is 4.99 Å². The molecule has 0 aromatic heterocycles. The molecule has 2 aromatic rings. The van der Waals surface area contributed by atoms with Gasteiger partial charge in [-0.3, -0.25) is 4.79 Å². The number of amides is 1. The van der Waals surface area contributed by atoms with Crippen molar-refractivity contribution in [1.82, 2.24) is 0 Å². The van der Waals surface area contributed by atoms with Gasteiger partial charge < -0.3 is 15.2 Å². The first kappa shape index (κ1) is 23.0. The third kappa shape index (κ3) is 5.61. The highest BCUT2D eigenvalue weighted by molar-refractivity contribution is 7.78. The zero-order chi connectivity index (χ0) is 22.5. The number of aliphatic hydroxyl groups is 1. The zero-order valence-electron chi connectivity index (χ0n) is 15.2. The Balaban J connectivity index is 2.12. The summed E-state index contributed by atoms with van der Waals surface area (Å²) in [4.78, 5) is 15.8. The fourth-order valence-electron chi connectivity index (χ4n) is 2.23. The Morgan fingerprint density at radius 2 is 2.00 bits per heavy atom. The summed E-state index contributed by atoms with van der Waals surface area (Å²) in [6.45, 7) is 0.439. The van der Waals surface area contributed by atoms with E-state index in [0.717, 1.165) is 25.1 Å². The monoisotopic (exact) mass is 439 g/mol. The van der Waals surface area contributed by atoms with Crippen molar-refractivity contribution >= 4 is 34.7 Å². The van der Waals surface area contributed by atoms with Gasteiger partial charge in [-0.05, 0) is 49.5 Å². The summed E-state index contributed by atoms with van der Waals surface area (Å²) >= 11 is 4.38. The smallest absolute Gasteiger partial charge is 0.417 e. The van der Waals surface area contributed by atoms with Gasteiger partial charge in [0.25, 0.3) is 5.91 Å². The molecule has 0 unspecified atom stereocenters. The highest BCUT2D eigenvalue weighted by atomic mass is 32.1. The number of ether oxygens (including phenoxy) is 1. The number of benzene rings is 2. The molecule has 0 saturated carbocycles. The highest BCUT2D eigenvalue weighted by Crippen LogP contribution is 2.33. The Morgan fingerprint density at radius 3 is 2.57 bits per heavy atom. The maximum atomic E-state index is 13.8. The molecule has 30 heavy (non-hydrogen) atoms. The quantitative estimate of drug-likeness (QED) is 0.399. The van der Waals surface area contributed by atoms with Crippen LogP contribution in [0, 0.1) is 17.1 Å². The number of halogens is 4. The molecule has 0 aliphatic rings. The van der Waals surface area contributed by atoms with Crippen LogP contribution in [-0.4, -0.2) is 28.4 Å². The van der Waals surface area contributed by atoms with E-state index in [2.05, 4.69) is 22.5 Å². The molecular formula is C19H13F4N3O3S. The molecular weight excluding hydrogens is 426 g/mol. The molecule has 2 rings (SSSR count). The number of carbonyl (C=O) groups is 1. The van der Waals surface area contributed by atoms with Gasteiger partial charge in [-0.2, -0.15) is 23.4 Å². The zero-order valence-corrected chi connectivity index (χ0v) is 16.1. The van der Waals surface area contributed by atoms with Crippen LogP contribution < -0.4 is 10.1 Å². The predicted octanol–water partition coefficient (Wildman–Crippen LogP) is 4.22. The van der Waals surface area contributed by atoms with Gasteiger partial charge in [0.15, 0.2) is 11.4 Å². The Bertz CT molecular complexity index is 1060. The minimum absolute atomic E-state index is 0.0263. The van der Waals surface area contributed by atoms with Crippen LogP contribution in [0.25, 0.3) is 0 Å². The molecule has 0 heterocycles. The lowest BCUT2D eigenvalue weighted by Gasteiger charge is -2.23. The summed E-state index contributed by atoms with van der Waals surface area (Å²) in [7, 11) is 0. The molecule has 0 fully saturated rings. The van der Waals surface area contributed by atoms with Crippen LogP contribution in [0.5, 0.6) is 5.75 Å². The van der Waals surface area contributed by atoms with Crippen LogP contribution in [0.3, 0.4) is 0 Å². The average Bonchev–Trinajstić information content (AvgIpc) is 2.67. The van der Waals surface area contributed by atoms with Crippen molar-refractivity contribution in [1.29, 1.82) is 5.26 Å². The first-order valence-electron chi connectivity index (χ1n) is 8.13. The number of nitrogens with one attached hydrogen (secondary N) is 1. The highest BCUT2D eigenvalue weighted by Gasteiger charge is 2.35. The first-order chi connectivity index (χ1) is 14.0. The summed E-state index contributed by atoms with van der Waals surface area (Å²) in [5, 5.41) is 23.2. The van der Waals surface area contributed by atoms with Crippen molar-refractivity contribution < 1.29 is 32.2 Å². The normalized spacial score (nSPS) is 12.8. The van der Waals surface area contributed by atoms with Gasteiger partial charge in [-0.15, -0.1) is 0 Å². The number of nitrogens with zero attached hydrogens (tertiary/aromatic N) is 2. The molecule has 11 heteroatoms. The van der Waals surface area contributed by atoms with Crippen molar-refractivity contribution in [3.05, 3.63) is 53.3 Å². The van der Waals surface area contributed by atoms with Crippen molar-refractivity contribution in [3.63, 3.8) is 0 Å². The average molecular weight is 439 g/mol. The molecule has 156 valence electrons. The summed E-state index contributed by atoms with van der Waals surface area (Å²) < 4.78 is 58.1. The Morgan fingerprint density at radius 1 is 1.30 bits per heavy atom. The van der Waals surface area contributed by atoms with E-state index in [1.165, 1.54) is 18.2 Å². The predicted molar refractivity (Wildman–Crippen MR) is 102 cm³/mol. The van der Waals surface area contributed by atoms with E-state index in [9.17, 15) is 27.5 Å². The number of carbonyl (C=O) groups excluding carboxylic acids is 1. The van der Waals surface area contributed by atoms with E-state index in [4.69, 9.17) is 10.00 Å². The minimum Gasteiger partial charge on any atom is -0.490 e. The third-order valence-corrected chi connectivity index (χ3v) is 3.89. The van der Waals surface area contributed by atoms with Crippen LogP contribution in [0.1, 0.15) is 18.1 Å². The Kier molecular flexibility index (Phi) is 6.89. The number of rotatable bonds is 6. The lowest BCUT2D eigenvalue weighted by molar-refractivity contribution is -0.138. The largest absolute Gasteiger partial charge is 0.490 e. The van der Waals surface area contributed by atoms with Crippen LogP contribution >= 0.6 is 12.2 Å². The molecule has 0 aliphatic heterocycles. The fourth-order valence-corrected chi connectivity index (χ4v) is 2.32. The first-order valence-corrected chi connectivity index (χ1v) is 8.54. The summed E-state index contributed by atoms with van der Waals surface area (Å²) in [5.74, 6) is -1.87. The van der Waals surface area contributed by atoms with Gasteiger partial charge in [0.1, 0.15) is 18.0 Å².